The van der Waals surface area contributed by atoms with E-state index >= 15 is 0 Å². The molecule has 2 amide bonds. The van der Waals surface area contributed by atoms with Gasteiger partial charge in [0, 0.05) is 38.0 Å². The van der Waals surface area contributed by atoms with E-state index in [4.69, 9.17) is 11.6 Å². The third kappa shape index (κ3) is 4.78. The molecule has 1 aromatic heterocycles. The largest absolute Gasteiger partial charge is 0.350 e. The van der Waals surface area contributed by atoms with Crippen LogP contribution < -0.4 is 10.6 Å². The first-order valence-electron chi connectivity index (χ1n) is 8.67. The first-order valence-corrected chi connectivity index (χ1v) is 9.04. The Balaban J connectivity index is 1.63. The highest BCUT2D eigenvalue weighted by atomic mass is 35.5. The van der Waals surface area contributed by atoms with E-state index in [1.165, 1.54) is 16.9 Å². The van der Waals surface area contributed by atoms with Gasteiger partial charge in [-0.2, -0.15) is 5.10 Å². The average molecular weight is 419 g/mol. The number of carbonyl (C=O) groups is 2. The predicted octanol–water partition coefficient (Wildman–Crippen LogP) is 3.18. The highest BCUT2D eigenvalue weighted by Gasteiger charge is 2.20. The molecule has 0 saturated heterocycles. The smallest absolute Gasteiger partial charge is 0.255 e. The van der Waals surface area contributed by atoms with Crippen molar-refractivity contribution in [2.75, 3.05) is 13.1 Å². The van der Waals surface area contributed by atoms with E-state index in [0.717, 1.165) is 12.1 Å². The van der Waals surface area contributed by atoms with Gasteiger partial charge in [0.1, 0.15) is 17.3 Å². The van der Waals surface area contributed by atoms with Crippen LogP contribution in [0.25, 0.3) is 11.3 Å². The number of hydrogen-bond acceptors (Lipinski definition) is 3. The van der Waals surface area contributed by atoms with Crippen LogP contribution in [-0.4, -0.2) is 34.7 Å². The molecule has 0 radical (unpaired) electrons. The molecule has 9 heteroatoms. The lowest BCUT2D eigenvalue weighted by Crippen LogP contribution is -2.34. The molecule has 0 spiro atoms. The number of benzene rings is 2. The maximum Gasteiger partial charge on any atom is 0.255 e. The van der Waals surface area contributed by atoms with Crippen LogP contribution in [0.3, 0.4) is 0 Å². The Bertz CT molecular complexity index is 1070. The van der Waals surface area contributed by atoms with E-state index in [1.54, 1.807) is 31.3 Å². The summed E-state index contributed by atoms with van der Waals surface area (Å²) < 4.78 is 28.6. The molecule has 0 aliphatic heterocycles. The monoisotopic (exact) mass is 418 g/mol. The van der Waals surface area contributed by atoms with Crippen LogP contribution in [0.15, 0.2) is 48.7 Å². The SMILES string of the molecule is Cn1cc(C(=O)NCCNC(=O)c2ccccc2Cl)c(-c2ccc(F)cc2F)n1. The zero-order chi connectivity index (χ0) is 21.0. The highest BCUT2D eigenvalue weighted by Crippen LogP contribution is 2.25. The predicted molar refractivity (Wildman–Crippen MR) is 105 cm³/mol. The molecule has 150 valence electrons. The average Bonchev–Trinajstić information content (AvgIpc) is 3.06. The molecule has 1 heterocycles. The molecule has 0 saturated carbocycles. The number of hydrogen-bond donors (Lipinski definition) is 2. The van der Waals surface area contributed by atoms with Crippen molar-refractivity contribution < 1.29 is 18.4 Å². The minimum atomic E-state index is -0.815. The number of nitrogens with one attached hydrogen (secondary N) is 2. The van der Waals surface area contributed by atoms with Crippen molar-refractivity contribution in [1.29, 1.82) is 0 Å². The minimum Gasteiger partial charge on any atom is -0.350 e. The van der Waals surface area contributed by atoms with Crippen molar-refractivity contribution in [3.05, 3.63) is 76.4 Å². The molecule has 0 atom stereocenters. The normalized spacial score (nSPS) is 10.6. The lowest BCUT2D eigenvalue weighted by molar-refractivity contribution is 0.0928. The standard InChI is InChI=1S/C20H17ClF2N4O2/c1-27-11-15(18(26-27)14-7-6-12(22)10-17(14)23)20(29)25-9-8-24-19(28)13-4-2-3-5-16(13)21/h2-7,10-11H,8-9H2,1H3,(H,24,28)(H,25,29). The Hall–Kier alpha value is -3.26. The van der Waals surface area contributed by atoms with Gasteiger partial charge in [0.15, 0.2) is 0 Å². The van der Waals surface area contributed by atoms with Crippen LogP contribution in [0.1, 0.15) is 20.7 Å². The lowest BCUT2D eigenvalue weighted by atomic mass is 10.1. The number of halogens is 3. The molecule has 0 aliphatic rings. The minimum absolute atomic E-state index is 0.0178. The van der Waals surface area contributed by atoms with Gasteiger partial charge in [0.05, 0.1) is 16.1 Å². The van der Waals surface area contributed by atoms with Gasteiger partial charge >= 0.3 is 0 Å². The molecular weight excluding hydrogens is 402 g/mol. The first-order chi connectivity index (χ1) is 13.9. The number of rotatable bonds is 6. The van der Waals surface area contributed by atoms with Crippen LogP contribution in [0.2, 0.25) is 5.02 Å². The van der Waals surface area contributed by atoms with Gasteiger partial charge in [-0.25, -0.2) is 8.78 Å². The molecule has 3 aromatic rings. The Labute approximate surface area is 170 Å². The molecule has 2 aromatic carbocycles. The number of aromatic nitrogens is 2. The Kier molecular flexibility index (Phi) is 6.23. The van der Waals surface area contributed by atoms with Crippen molar-refractivity contribution in [2.45, 2.75) is 0 Å². The molecule has 2 N–H and O–H groups in total. The van der Waals surface area contributed by atoms with Crippen molar-refractivity contribution >= 4 is 23.4 Å². The summed E-state index contributed by atoms with van der Waals surface area (Å²) in [5.74, 6) is -2.39. The van der Waals surface area contributed by atoms with E-state index in [9.17, 15) is 18.4 Å². The summed E-state index contributed by atoms with van der Waals surface area (Å²) in [6.45, 7) is 0.297. The molecule has 0 fully saturated rings. The summed E-state index contributed by atoms with van der Waals surface area (Å²) in [6.07, 6.45) is 1.44. The van der Waals surface area contributed by atoms with Gasteiger partial charge in [-0.05, 0) is 24.3 Å². The highest BCUT2D eigenvalue weighted by molar-refractivity contribution is 6.33. The van der Waals surface area contributed by atoms with Crippen LogP contribution in [-0.2, 0) is 7.05 Å². The summed E-state index contributed by atoms with van der Waals surface area (Å²) in [6, 6.07) is 9.67. The van der Waals surface area contributed by atoms with Crippen molar-refractivity contribution in [2.24, 2.45) is 7.05 Å². The van der Waals surface area contributed by atoms with E-state index in [0.29, 0.717) is 10.6 Å². The van der Waals surface area contributed by atoms with Crippen LogP contribution in [0, 0.1) is 11.6 Å². The van der Waals surface area contributed by atoms with Crippen LogP contribution in [0.5, 0.6) is 0 Å². The Morgan fingerprint density at radius 2 is 1.69 bits per heavy atom. The van der Waals surface area contributed by atoms with Gasteiger partial charge in [-0.1, -0.05) is 23.7 Å². The topological polar surface area (TPSA) is 76.0 Å². The zero-order valence-electron chi connectivity index (χ0n) is 15.4. The van der Waals surface area contributed by atoms with E-state index in [-0.39, 0.29) is 35.8 Å². The third-order valence-corrected chi connectivity index (χ3v) is 4.40. The zero-order valence-corrected chi connectivity index (χ0v) is 16.1. The van der Waals surface area contributed by atoms with Crippen molar-refractivity contribution in [3.8, 4) is 11.3 Å². The van der Waals surface area contributed by atoms with E-state index in [2.05, 4.69) is 15.7 Å². The van der Waals surface area contributed by atoms with E-state index < -0.39 is 17.5 Å². The summed E-state index contributed by atoms with van der Waals surface area (Å²) in [4.78, 5) is 24.6. The molecule has 0 bridgehead atoms. The maximum atomic E-state index is 14.1. The third-order valence-electron chi connectivity index (χ3n) is 4.07. The fourth-order valence-corrected chi connectivity index (χ4v) is 2.94. The second kappa shape index (κ2) is 8.83. The fourth-order valence-electron chi connectivity index (χ4n) is 2.72. The maximum absolute atomic E-state index is 14.1. The summed E-state index contributed by atoms with van der Waals surface area (Å²) in [7, 11) is 1.59. The van der Waals surface area contributed by atoms with Gasteiger partial charge in [0.25, 0.3) is 11.8 Å². The number of carbonyl (C=O) groups excluding carboxylic acids is 2. The second-order valence-corrected chi connectivity index (χ2v) is 6.59. The molecule has 6 nitrogen and oxygen atoms in total. The lowest BCUT2D eigenvalue weighted by Gasteiger charge is -2.08. The summed E-state index contributed by atoms with van der Waals surface area (Å²) in [5, 5.41) is 9.73. The molecule has 29 heavy (non-hydrogen) atoms. The van der Waals surface area contributed by atoms with Gasteiger partial charge in [-0.15, -0.1) is 0 Å². The molecule has 0 unspecified atom stereocenters. The Morgan fingerprint density at radius 1 is 1.03 bits per heavy atom. The molecule has 0 aliphatic carbocycles. The van der Waals surface area contributed by atoms with Crippen LogP contribution >= 0.6 is 11.6 Å². The number of aryl methyl sites for hydroxylation is 1. The number of amides is 2. The fraction of sp³-hybridized carbons (Fsp3) is 0.150. The van der Waals surface area contributed by atoms with Gasteiger partial charge in [0.2, 0.25) is 0 Å². The summed E-state index contributed by atoms with van der Waals surface area (Å²) in [5.41, 5.74) is 0.587. The molecular formula is C20H17ClF2N4O2. The molecule has 3 rings (SSSR count). The van der Waals surface area contributed by atoms with Gasteiger partial charge in [-0.3, -0.25) is 14.3 Å². The van der Waals surface area contributed by atoms with Crippen molar-refractivity contribution in [1.82, 2.24) is 20.4 Å². The first kappa shape index (κ1) is 20.5. The van der Waals surface area contributed by atoms with E-state index in [1.807, 2.05) is 0 Å². The van der Waals surface area contributed by atoms with Crippen molar-refractivity contribution in [3.63, 3.8) is 0 Å². The van der Waals surface area contributed by atoms with Crippen LogP contribution in [0.4, 0.5) is 8.78 Å². The Morgan fingerprint density at radius 3 is 2.34 bits per heavy atom. The summed E-state index contributed by atoms with van der Waals surface area (Å²) >= 11 is 5.97. The van der Waals surface area contributed by atoms with Gasteiger partial charge < -0.3 is 10.6 Å². The second-order valence-electron chi connectivity index (χ2n) is 6.18. The number of nitrogens with zero attached hydrogens (tertiary/aromatic N) is 2. The quantitative estimate of drug-likeness (QED) is 0.604.